The number of carbonyl (C=O) groups is 1. The number of hydrogen-bond acceptors (Lipinski definition) is 2. The van der Waals surface area contributed by atoms with Crippen molar-refractivity contribution in [3.8, 4) is 0 Å². The maximum absolute atomic E-state index is 13.5. The Hall–Kier alpha value is -3.35. The van der Waals surface area contributed by atoms with E-state index < -0.39 is 6.89 Å². The SMILES string of the molecule is CC.Nc1ccccc1C(=O)C=P(c1ccccc1)(c1ccccc1)c1ccccc1. The second-order valence-corrected chi connectivity index (χ2v) is 10.1. The molecule has 2 N–H and O–H groups in total. The van der Waals surface area contributed by atoms with Gasteiger partial charge < -0.3 is 5.73 Å². The third-order valence-corrected chi connectivity index (χ3v) is 8.99. The molecule has 0 atom stereocenters. The fourth-order valence-corrected chi connectivity index (χ4v) is 7.39. The Kier molecular flexibility index (Phi) is 7.65. The van der Waals surface area contributed by atoms with Gasteiger partial charge in [-0.25, -0.2) is 0 Å². The topological polar surface area (TPSA) is 43.1 Å². The molecule has 0 unspecified atom stereocenters. The lowest BCUT2D eigenvalue weighted by Gasteiger charge is -2.28. The molecule has 156 valence electrons. The molecule has 0 bridgehead atoms. The first-order valence-electron chi connectivity index (χ1n) is 10.5. The molecule has 0 aliphatic heterocycles. The van der Waals surface area contributed by atoms with Crippen LogP contribution >= 0.6 is 6.89 Å². The Labute approximate surface area is 185 Å². The summed E-state index contributed by atoms with van der Waals surface area (Å²) in [6.45, 7) is 1.68. The number of ketones is 1. The summed E-state index contributed by atoms with van der Waals surface area (Å²) < 4.78 is 0. The van der Waals surface area contributed by atoms with Crippen LogP contribution in [0.15, 0.2) is 115 Å². The summed E-state index contributed by atoms with van der Waals surface area (Å²) >= 11 is 0. The lowest BCUT2D eigenvalue weighted by Crippen LogP contribution is -2.28. The smallest absolute Gasteiger partial charge is 0.188 e. The Morgan fingerprint density at radius 3 is 1.35 bits per heavy atom. The first-order valence-corrected chi connectivity index (χ1v) is 12.4. The summed E-state index contributed by atoms with van der Waals surface area (Å²) in [6.07, 6.45) is 0. The average molecular weight is 426 g/mol. The van der Waals surface area contributed by atoms with Crippen molar-refractivity contribution in [1.29, 1.82) is 0 Å². The van der Waals surface area contributed by atoms with Crippen LogP contribution in [0.3, 0.4) is 0 Å². The van der Waals surface area contributed by atoms with Crippen LogP contribution in [0.5, 0.6) is 0 Å². The van der Waals surface area contributed by atoms with Crippen molar-refractivity contribution >= 4 is 40.1 Å². The molecule has 0 spiro atoms. The van der Waals surface area contributed by atoms with Gasteiger partial charge in [-0.2, -0.15) is 0 Å². The van der Waals surface area contributed by atoms with Gasteiger partial charge in [0.1, 0.15) is 0 Å². The Morgan fingerprint density at radius 2 is 0.968 bits per heavy atom. The fourth-order valence-electron chi connectivity index (χ4n) is 3.63. The van der Waals surface area contributed by atoms with Crippen LogP contribution < -0.4 is 21.6 Å². The highest BCUT2D eigenvalue weighted by atomic mass is 31.2. The highest BCUT2D eigenvalue weighted by Crippen LogP contribution is 2.43. The van der Waals surface area contributed by atoms with E-state index in [4.69, 9.17) is 5.73 Å². The van der Waals surface area contributed by atoms with Crippen LogP contribution in [0.4, 0.5) is 5.69 Å². The zero-order valence-corrected chi connectivity index (χ0v) is 18.9. The normalized spacial score (nSPS) is 10.5. The maximum atomic E-state index is 13.5. The average Bonchev–Trinajstić information content (AvgIpc) is 2.85. The van der Waals surface area contributed by atoms with Gasteiger partial charge in [-0.05, 0) is 40.7 Å². The molecule has 0 aliphatic rings. The number of rotatable bonds is 5. The summed E-state index contributed by atoms with van der Waals surface area (Å²) in [5.74, 6) is 1.87. The molecule has 31 heavy (non-hydrogen) atoms. The van der Waals surface area contributed by atoms with E-state index in [1.54, 1.807) is 12.1 Å². The Bertz CT molecular complexity index is 1070. The number of nitrogen functional groups attached to an aromatic ring is 1. The number of benzene rings is 4. The number of anilines is 1. The van der Waals surface area contributed by atoms with Crippen molar-refractivity contribution < 1.29 is 4.79 Å². The van der Waals surface area contributed by atoms with Crippen molar-refractivity contribution in [2.75, 3.05) is 5.73 Å². The summed E-state index contributed by atoms with van der Waals surface area (Å²) in [5, 5.41) is 3.42. The number of hydrogen-bond donors (Lipinski definition) is 1. The minimum atomic E-state index is -2.32. The molecule has 0 amide bonds. The maximum Gasteiger partial charge on any atom is 0.188 e. The van der Waals surface area contributed by atoms with Crippen molar-refractivity contribution in [1.82, 2.24) is 0 Å². The van der Waals surface area contributed by atoms with E-state index in [9.17, 15) is 4.79 Å². The standard InChI is InChI=1S/C26H22NOP.C2H6/c27-25-19-11-10-18-24(25)26(28)20-29(21-12-4-1-5-13-21,22-14-6-2-7-15-22)23-16-8-3-9-17-23;1-2/h1-20H,27H2;1-2H3. The van der Waals surface area contributed by atoms with E-state index in [0.717, 1.165) is 15.9 Å². The lowest BCUT2D eigenvalue weighted by molar-refractivity contribution is 0.107. The molecule has 0 radical (unpaired) electrons. The predicted molar refractivity (Wildman–Crippen MR) is 138 cm³/mol. The minimum Gasteiger partial charge on any atom is -0.398 e. The third-order valence-electron chi connectivity index (χ3n) is 5.03. The van der Waals surface area contributed by atoms with Crippen LogP contribution in [0.25, 0.3) is 0 Å². The molecule has 2 nitrogen and oxygen atoms in total. The molecule has 4 aromatic rings. The summed E-state index contributed by atoms with van der Waals surface area (Å²) in [7, 11) is 0. The van der Waals surface area contributed by atoms with Gasteiger partial charge in [-0.15, -0.1) is 0 Å². The van der Waals surface area contributed by atoms with Crippen LogP contribution in [0.2, 0.25) is 0 Å². The zero-order valence-electron chi connectivity index (χ0n) is 18.0. The molecule has 4 aromatic carbocycles. The molecule has 0 saturated carbocycles. The highest BCUT2D eigenvalue weighted by molar-refractivity contribution is 7.95. The zero-order chi connectivity index (χ0) is 22.1. The highest BCUT2D eigenvalue weighted by Gasteiger charge is 2.26. The van der Waals surface area contributed by atoms with Crippen molar-refractivity contribution in [2.24, 2.45) is 0 Å². The summed E-state index contributed by atoms with van der Waals surface area (Å²) in [5.41, 5.74) is 7.17. The van der Waals surface area contributed by atoms with Crippen molar-refractivity contribution in [3.63, 3.8) is 0 Å². The van der Waals surface area contributed by atoms with E-state index in [1.165, 1.54) is 0 Å². The van der Waals surface area contributed by atoms with Crippen LogP contribution in [0.1, 0.15) is 24.2 Å². The number of nitrogens with two attached hydrogens (primary N) is 1. The first kappa shape index (κ1) is 22.3. The van der Waals surface area contributed by atoms with Gasteiger partial charge in [0, 0.05) is 11.3 Å². The van der Waals surface area contributed by atoms with E-state index in [0.29, 0.717) is 11.3 Å². The van der Waals surface area contributed by atoms with E-state index in [-0.39, 0.29) is 5.78 Å². The van der Waals surface area contributed by atoms with Crippen LogP contribution in [-0.4, -0.2) is 11.6 Å². The molecular formula is C28H28NOP. The van der Waals surface area contributed by atoms with E-state index >= 15 is 0 Å². The van der Waals surface area contributed by atoms with E-state index in [1.807, 2.05) is 86.4 Å². The van der Waals surface area contributed by atoms with Crippen molar-refractivity contribution in [2.45, 2.75) is 13.8 Å². The third kappa shape index (κ3) is 4.71. The van der Waals surface area contributed by atoms with Crippen molar-refractivity contribution in [3.05, 3.63) is 121 Å². The van der Waals surface area contributed by atoms with E-state index in [2.05, 4.69) is 36.4 Å². The fraction of sp³-hybridized carbons (Fsp3) is 0.0714. The molecule has 0 aromatic heterocycles. The second kappa shape index (κ2) is 10.6. The second-order valence-electron chi connectivity index (χ2n) is 6.81. The number of Topliss-reactive ketones (excluding diaryl/α,β-unsaturated/α-hetero) is 1. The summed E-state index contributed by atoms with van der Waals surface area (Å²) in [4.78, 5) is 13.5. The van der Waals surface area contributed by atoms with Gasteiger partial charge in [-0.3, -0.25) is 4.79 Å². The number of carbonyl (C=O) groups excluding carboxylic acids is 1. The van der Waals surface area contributed by atoms with Gasteiger partial charge in [0.05, 0.1) is 0 Å². The van der Waals surface area contributed by atoms with Gasteiger partial charge >= 0.3 is 0 Å². The predicted octanol–water partition coefficient (Wildman–Crippen LogP) is 5.27. The molecule has 0 aliphatic carbocycles. The monoisotopic (exact) mass is 425 g/mol. The quantitative estimate of drug-likeness (QED) is 0.269. The minimum absolute atomic E-state index is 0.0482. The van der Waals surface area contributed by atoms with Gasteiger partial charge in [0.15, 0.2) is 5.78 Å². The number of para-hydroxylation sites is 1. The molecular weight excluding hydrogens is 397 g/mol. The molecule has 0 saturated heterocycles. The molecule has 4 rings (SSSR count). The largest absolute Gasteiger partial charge is 0.398 e. The van der Waals surface area contributed by atoms with Crippen LogP contribution in [0, 0.1) is 0 Å². The Morgan fingerprint density at radius 1 is 0.613 bits per heavy atom. The Balaban J connectivity index is 0.00000132. The molecule has 0 fully saturated rings. The van der Waals surface area contributed by atoms with Gasteiger partial charge in [-0.1, -0.05) is 117 Å². The molecule has 0 heterocycles. The summed E-state index contributed by atoms with van der Waals surface area (Å²) in [6, 6.07) is 38.2. The first-order chi connectivity index (χ1) is 15.2. The van der Waals surface area contributed by atoms with Crippen LogP contribution in [-0.2, 0) is 0 Å². The molecule has 3 heteroatoms. The van der Waals surface area contributed by atoms with Gasteiger partial charge in [0.25, 0.3) is 0 Å². The van der Waals surface area contributed by atoms with Gasteiger partial charge in [0.2, 0.25) is 0 Å². The lowest BCUT2D eigenvalue weighted by atomic mass is 10.1.